The number of carbonyl (C=O) groups is 3. The SMILES string of the molecule is Cl.O=C(NO)C1(S(=O)(=O)N2CCC(c3ccc(OCC(F)(F)F)cc3)CC2)CCN(C2CC2)CC1.O=Cc1ccc(F)cc1.O=Cc1ccc(OCC(F)(F)F)cc1.OCC(F)(F)F. The van der Waals surface area contributed by atoms with Gasteiger partial charge in [-0.2, -0.15) is 39.5 Å². The average Bonchev–Trinajstić information content (AvgIpc) is 4.11. The van der Waals surface area contributed by atoms with E-state index in [9.17, 15) is 71.9 Å². The Morgan fingerprint density at radius 2 is 1.11 bits per heavy atom. The van der Waals surface area contributed by atoms with E-state index >= 15 is 0 Å². The summed E-state index contributed by atoms with van der Waals surface area (Å²) in [6, 6.07) is 17.6. The Balaban J connectivity index is 0.000000382. The second kappa shape index (κ2) is 24.7. The average molecular weight is 970 g/mol. The van der Waals surface area contributed by atoms with Crippen molar-refractivity contribution in [2.45, 2.75) is 73.8 Å². The van der Waals surface area contributed by atoms with Crippen LogP contribution in [0, 0.1) is 5.82 Å². The summed E-state index contributed by atoms with van der Waals surface area (Å²) in [6.45, 7) is -2.96. The molecule has 0 spiro atoms. The maximum absolute atomic E-state index is 13.6. The zero-order valence-electron chi connectivity index (χ0n) is 33.7. The highest BCUT2D eigenvalue weighted by molar-refractivity contribution is 7.91. The molecule has 3 N–H and O–H groups in total. The van der Waals surface area contributed by atoms with Crippen molar-refractivity contribution in [3.63, 3.8) is 0 Å². The molecule has 3 aliphatic rings. The number of hydrogen-bond donors (Lipinski definition) is 3. The first kappa shape index (κ1) is 55.6. The van der Waals surface area contributed by atoms with Crippen molar-refractivity contribution >= 4 is 40.9 Å². The molecule has 0 radical (unpaired) electrons. The molecule has 2 heterocycles. The van der Waals surface area contributed by atoms with Crippen molar-refractivity contribution in [1.29, 1.82) is 0 Å². The number of halogens is 11. The molecule has 6 rings (SSSR count). The number of piperidine rings is 2. The molecule has 1 aliphatic carbocycles. The van der Waals surface area contributed by atoms with Gasteiger partial charge in [-0.05, 0) is 111 Å². The Labute approximate surface area is 367 Å². The summed E-state index contributed by atoms with van der Waals surface area (Å²) in [7, 11) is -4.01. The first-order valence-corrected chi connectivity index (χ1v) is 20.5. The summed E-state index contributed by atoms with van der Waals surface area (Å²) < 4.78 is 152. The number of carbonyl (C=O) groups excluding carboxylic acids is 3. The minimum Gasteiger partial charge on any atom is -0.484 e. The van der Waals surface area contributed by atoms with Crippen molar-refractivity contribution in [2.24, 2.45) is 0 Å². The Morgan fingerprint density at radius 3 is 1.47 bits per heavy atom. The molecule has 0 unspecified atom stereocenters. The lowest BCUT2D eigenvalue weighted by Crippen LogP contribution is -2.62. The van der Waals surface area contributed by atoms with Gasteiger partial charge in [-0.3, -0.25) is 19.6 Å². The third-order valence-electron chi connectivity index (χ3n) is 9.83. The summed E-state index contributed by atoms with van der Waals surface area (Å²) >= 11 is 0. The number of sulfonamides is 1. The van der Waals surface area contributed by atoms with Gasteiger partial charge in [0.05, 0.1) is 0 Å². The standard InChI is InChI=1S/C22H30F3N3O5S.C9H7F3O2.C7H5FO.C2H3F3O.ClH/c23-22(24,25)15-33-19-5-1-16(2-6-19)17-7-11-28(12-8-17)34(31,32)21(20(29)26-30)9-13-27(14-10-21)18-3-4-18;10-9(11,12)6-14-8-3-1-7(5-13)2-4-8;8-7-3-1-6(5-9)2-4-7;3-2(4,5)1-6;/h1-2,5-6,17-18,30H,3-4,7-15H2,(H,26,29);1-5H,6H2;1-5H;6H,1H2;1H. The smallest absolute Gasteiger partial charge is 0.422 e. The monoisotopic (exact) mass is 969 g/mol. The summed E-state index contributed by atoms with van der Waals surface area (Å²) in [5.41, 5.74) is 3.38. The molecular weight excluding hydrogens is 924 g/mol. The van der Waals surface area contributed by atoms with E-state index in [1.165, 1.54) is 65.0 Å². The van der Waals surface area contributed by atoms with E-state index in [1.54, 1.807) is 17.6 Å². The molecule has 3 aromatic carbocycles. The Kier molecular flexibility index (Phi) is 21.4. The van der Waals surface area contributed by atoms with Gasteiger partial charge in [-0.25, -0.2) is 22.6 Å². The molecule has 3 fully saturated rings. The zero-order chi connectivity index (χ0) is 47.1. The fourth-order valence-corrected chi connectivity index (χ4v) is 8.59. The van der Waals surface area contributed by atoms with Gasteiger partial charge >= 0.3 is 18.5 Å². The first-order valence-electron chi connectivity index (χ1n) is 19.1. The van der Waals surface area contributed by atoms with E-state index in [0.717, 1.165) is 18.4 Å². The second-order valence-electron chi connectivity index (χ2n) is 14.4. The van der Waals surface area contributed by atoms with Crippen molar-refractivity contribution in [3.8, 4) is 11.5 Å². The van der Waals surface area contributed by atoms with Crippen molar-refractivity contribution in [1.82, 2.24) is 14.7 Å². The topological polar surface area (TPSA) is 163 Å². The van der Waals surface area contributed by atoms with Crippen LogP contribution in [-0.4, -0.2) is 122 Å². The summed E-state index contributed by atoms with van der Waals surface area (Å²) in [5.74, 6) is -0.939. The van der Waals surface area contributed by atoms with E-state index in [2.05, 4.69) is 9.64 Å². The number of hydroxylamine groups is 1. The van der Waals surface area contributed by atoms with Gasteiger partial charge in [0.2, 0.25) is 10.0 Å². The molecule has 358 valence electrons. The molecule has 1 saturated carbocycles. The highest BCUT2D eigenvalue weighted by Gasteiger charge is 2.56. The van der Waals surface area contributed by atoms with Crippen LogP contribution >= 0.6 is 12.4 Å². The van der Waals surface area contributed by atoms with E-state index < -0.39 is 59.0 Å². The minimum atomic E-state index is -4.41. The predicted octanol–water partition coefficient (Wildman–Crippen LogP) is 7.68. The Hall–Kier alpha value is -4.55. The number of amides is 1. The molecule has 1 amide bonds. The molecule has 0 atom stereocenters. The lowest BCUT2D eigenvalue weighted by molar-refractivity contribution is -0.159. The number of rotatable bonds is 11. The lowest BCUT2D eigenvalue weighted by Gasteiger charge is -2.43. The van der Waals surface area contributed by atoms with Crippen LogP contribution in [0.25, 0.3) is 0 Å². The molecule has 64 heavy (non-hydrogen) atoms. The molecule has 3 aromatic rings. The summed E-state index contributed by atoms with van der Waals surface area (Å²) in [5, 5.41) is 16.6. The van der Waals surface area contributed by atoms with Gasteiger partial charge in [-0.15, -0.1) is 12.4 Å². The number of likely N-dealkylation sites (tertiary alicyclic amines) is 1. The van der Waals surface area contributed by atoms with Crippen LogP contribution in [-0.2, 0) is 14.8 Å². The van der Waals surface area contributed by atoms with Crippen LogP contribution in [0.15, 0.2) is 72.8 Å². The number of nitrogens with zero attached hydrogens (tertiary/aromatic N) is 2. The molecule has 24 heteroatoms. The van der Waals surface area contributed by atoms with Crippen LogP contribution in [0.3, 0.4) is 0 Å². The van der Waals surface area contributed by atoms with Crippen LogP contribution in [0.2, 0.25) is 0 Å². The molecule has 0 bridgehead atoms. The predicted molar refractivity (Wildman–Crippen MR) is 213 cm³/mol. The van der Waals surface area contributed by atoms with Crippen LogP contribution in [0.4, 0.5) is 43.9 Å². The fraction of sp³-hybridized carbons (Fsp3) is 0.475. The number of ether oxygens (including phenoxy) is 2. The van der Waals surface area contributed by atoms with Gasteiger partial charge in [0, 0.05) is 43.3 Å². The number of aliphatic hydroxyl groups excluding tert-OH is 1. The second-order valence-corrected chi connectivity index (χ2v) is 16.6. The lowest BCUT2D eigenvalue weighted by atomic mass is 9.90. The van der Waals surface area contributed by atoms with Gasteiger partial charge in [-0.1, -0.05) is 12.1 Å². The number of aldehydes is 2. The quantitative estimate of drug-likeness (QED) is 0.0753. The van der Waals surface area contributed by atoms with E-state index in [4.69, 9.17) is 9.84 Å². The third kappa shape index (κ3) is 18.1. The van der Waals surface area contributed by atoms with E-state index in [1.807, 2.05) is 0 Å². The largest absolute Gasteiger partial charge is 0.484 e. The normalized spacial score (nSPS) is 17.0. The van der Waals surface area contributed by atoms with Gasteiger partial charge in [0.1, 0.15) is 36.5 Å². The highest BCUT2D eigenvalue weighted by atomic mass is 35.5. The van der Waals surface area contributed by atoms with Gasteiger partial charge in [0.15, 0.2) is 18.0 Å². The van der Waals surface area contributed by atoms with Crippen LogP contribution in [0.5, 0.6) is 11.5 Å². The van der Waals surface area contributed by atoms with Crippen LogP contribution < -0.4 is 15.0 Å². The van der Waals surface area contributed by atoms with Crippen LogP contribution in [0.1, 0.15) is 70.7 Å². The number of aliphatic hydroxyl groups is 1. The van der Waals surface area contributed by atoms with E-state index in [-0.39, 0.29) is 61.6 Å². The molecular formula is C40H46ClF10N3O9S. The number of benzene rings is 3. The van der Waals surface area contributed by atoms with Crippen molar-refractivity contribution in [3.05, 3.63) is 95.3 Å². The summed E-state index contributed by atoms with van der Waals surface area (Å²) in [6.07, 6.45) is -8.37. The maximum Gasteiger partial charge on any atom is 0.422 e. The minimum absolute atomic E-state index is 0. The zero-order valence-corrected chi connectivity index (χ0v) is 35.3. The Morgan fingerprint density at radius 1 is 0.703 bits per heavy atom. The highest BCUT2D eigenvalue weighted by Crippen LogP contribution is 2.40. The van der Waals surface area contributed by atoms with Crippen molar-refractivity contribution < 1.29 is 86.5 Å². The first-order chi connectivity index (χ1) is 29.5. The summed E-state index contributed by atoms with van der Waals surface area (Å²) in [4.78, 5) is 35.1. The number of nitrogens with one attached hydrogen (secondary N) is 1. The third-order valence-corrected chi connectivity index (χ3v) is 12.5. The molecule has 2 saturated heterocycles. The van der Waals surface area contributed by atoms with Crippen molar-refractivity contribution in [2.75, 3.05) is 46.0 Å². The number of alkyl halides is 9. The fourth-order valence-electron chi connectivity index (χ4n) is 6.42. The van der Waals surface area contributed by atoms with E-state index in [0.29, 0.717) is 55.7 Å². The molecule has 12 nitrogen and oxygen atoms in total. The van der Waals surface area contributed by atoms with Gasteiger partial charge < -0.3 is 19.5 Å². The maximum atomic E-state index is 13.6. The number of hydrogen-bond acceptors (Lipinski definition) is 10. The van der Waals surface area contributed by atoms with Gasteiger partial charge in [0.25, 0.3) is 5.91 Å². The Bertz CT molecular complexity index is 1990. The molecule has 2 aliphatic heterocycles. The molecule has 0 aromatic heterocycles.